The summed E-state index contributed by atoms with van der Waals surface area (Å²) >= 11 is 8.72. The molecule has 1 aliphatic heterocycles. The molecule has 5 nitrogen and oxygen atoms in total. The van der Waals surface area contributed by atoms with Crippen LogP contribution in [0.5, 0.6) is 5.75 Å². The molecule has 2 aromatic rings. The van der Waals surface area contributed by atoms with Gasteiger partial charge in [-0.2, -0.15) is 0 Å². The minimum atomic E-state index is -0.502. The van der Waals surface area contributed by atoms with Crippen LogP contribution >= 0.6 is 34.2 Å². The lowest BCUT2D eigenvalue weighted by atomic mass is 10.1. The van der Waals surface area contributed by atoms with E-state index in [0.29, 0.717) is 19.6 Å². The average molecular weight is 555 g/mol. The predicted octanol–water partition coefficient (Wildman–Crippen LogP) is 6.48. The molecule has 166 valence electrons. The van der Waals surface area contributed by atoms with Crippen molar-refractivity contribution >= 4 is 46.0 Å². The molecule has 0 atom stereocenters. The van der Waals surface area contributed by atoms with Crippen molar-refractivity contribution in [2.24, 2.45) is 0 Å². The monoisotopic (exact) mass is 554 g/mol. The number of hydrogen-bond acceptors (Lipinski definition) is 4. The van der Waals surface area contributed by atoms with Crippen LogP contribution in [0.1, 0.15) is 32.8 Å². The molecule has 1 heterocycles. The van der Waals surface area contributed by atoms with E-state index in [1.54, 1.807) is 12.0 Å². The van der Waals surface area contributed by atoms with Gasteiger partial charge >= 0.3 is 6.09 Å². The number of carbonyl (C=O) groups excluding carboxylic acids is 1. The van der Waals surface area contributed by atoms with Crippen LogP contribution in [0, 0.1) is 3.57 Å². The van der Waals surface area contributed by atoms with Gasteiger partial charge in [0.25, 0.3) is 0 Å². The third kappa shape index (κ3) is 6.29. The zero-order valence-electron chi connectivity index (χ0n) is 18.3. The summed E-state index contributed by atoms with van der Waals surface area (Å²) in [5.41, 5.74) is 2.88. The molecule has 0 bridgehead atoms. The number of halogens is 2. The summed E-state index contributed by atoms with van der Waals surface area (Å²) < 4.78 is 11.8. The Hall–Kier alpha value is -1.93. The second kappa shape index (κ2) is 10.1. The number of methoxy groups -OCH3 is 1. The number of ether oxygens (including phenoxy) is 2. The lowest BCUT2D eigenvalue weighted by Gasteiger charge is -2.35. The average Bonchev–Trinajstić information content (AvgIpc) is 2.74. The predicted molar refractivity (Wildman–Crippen MR) is 134 cm³/mol. The molecule has 0 N–H and O–H groups in total. The van der Waals surface area contributed by atoms with Crippen molar-refractivity contribution in [3.05, 3.63) is 68.4 Å². The fraction of sp³-hybridized carbons (Fsp3) is 0.375. The Morgan fingerprint density at radius 1 is 1.19 bits per heavy atom. The smallest absolute Gasteiger partial charge is 0.410 e. The molecule has 0 spiro atoms. The highest BCUT2D eigenvalue weighted by Gasteiger charge is 2.26. The molecule has 0 aromatic heterocycles. The van der Waals surface area contributed by atoms with E-state index in [9.17, 15) is 4.79 Å². The van der Waals surface area contributed by atoms with Crippen LogP contribution in [-0.2, 0) is 11.3 Å². The van der Waals surface area contributed by atoms with E-state index in [1.807, 2.05) is 45.0 Å². The molecule has 0 radical (unpaired) electrons. The van der Waals surface area contributed by atoms with E-state index in [1.165, 1.54) is 0 Å². The molecule has 0 saturated carbocycles. The highest BCUT2D eigenvalue weighted by Crippen LogP contribution is 2.34. The van der Waals surface area contributed by atoms with Crippen LogP contribution < -0.4 is 9.64 Å². The van der Waals surface area contributed by atoms with E-state index in [0.717, 1.165) is 37.7 Å². The maximum atomic E-state index is 12.4. The normalized spacial score (nSPS) is 14.1. The van der Waals surface area contributed by atoms with Crippen molar-refractivity contribution in [3.8, 4) is 5.75 Å². The Balaban J connectivity index is 1.86. The zero-order valence-corrected chi connectivity index (χ0v) is 21.2. The van der Waals surface area contributed by atoms with Crippen molar-refractivity contribution < 1.29 is 14.3 Å². The van der Waals surface area contributed by atoms with Crippen LogP contribution in [0.4, 0.5) is 10.5 Å². The van der Waals surface area contributed by atoms with E-state index >= 15 is 0 Å². The Kier molecular flexibility index (Phi) is 7.75. The fourth-order valence-electron chi connectivity index (χ4n) is 3.35. The second-order valence-corrected chi connectivity index (χ2v) is 9.86. The summed E-state index contributed by atoms with van der Waals surface area (Å²) in [6.07, 6.45) is 2.56. The number of rotatable bonds is 5. The van der Waals surface area contributed by atoms with Gasteiger partial charge in [-0.25, -0.2) is 4.79 Å². The number of hydrogen-bond donors (Lipinski definition) is 0. The highest BCUT2D eigenvalue weighted by atomic mass is 127. The van der Waals surface area contributed by atoms with Gasteiger partial charge in [0.1, 0.15) is 11.4 Å². The van der Waals surface area contributed by atoms with E-state index < -0.39 is 5.60 Å². The molecule has 0 saturated heterocycles. The molecule has 3 rings (SSSR count). The standard InChI is InChI=1S/C24H28ClIN2O3/c1-24(2,3)31-23(29)27-14-12-18(13-15-27)28(21-7-5-6-20(25)22(21)26)16-17-8-10-19(30-4)11-9-17/h5-12H,13-16H2,1-4H3. The molecule has 1 aliphatic rings. The Morgan fingerprint density at radius 3 is 2.48 bits per heavy atom. The molecule has 7 heteroatoms. The molecule has 0 fully saturated rings. The summed E-state index contributed by atoms with van der Waals surface area (Å²) in [6, 6.07) is 14.0. The Morgan fingerprint density at radius 2 is 1.90 bits per heavy atom. The summed E-state index contributed by atoms with van der Waals surface area (Å²) in [7, 11) is 1.67. The maximum Gasteiger partial charge on any atom is 0.410 e. The molecule has 0 unspecified atom stereocenters. The molecule has 1 amide bonds. The fourth-order valence-corrected chi connectivity index (χ4v) is 4.17. The third-order valence-corrected chi connectivity index (χ3v) is 6.67. The number of amides is 1. The van der Waals surface area contributed by atoms with Crippen molar-refractivity contribution in [3.63, 3.8) is 0 Å². The summed E-state index contributed by atoms with van der Waals surface area (Å²) in [5, 5.41) is 0.727. The van der Waals surface area contributed by atoms with E-state index in [4.69, 9.17) is 21.1 Å². The second-order valence-electron chi connectivity index (χ2n) is 8.38. The van der Waals surface area contributed by atoms with Crippen LogP contribution in [0.3, 0.4) is 0 Å². The van der Waals surface area contributed by atoms with Gasteiger partial charge in [-0.05, 0) is 79.3 Å². The highest BCUT2D eigenvalue weighted by molar-refractivity contribution is 14.1. The minimum absolute atomic E-state index is 0.276. The molecular formula is C24H28ClIN2O3. The van der Waals surface area contributed by atoms with Crippen LogP contribution in [0.25, 0.3) is 0 Å². The Labute approximate surface area is 203 Å². The van der Waals surface area contributed by atoms with Crippen molar-refractivity contribution in [1.82, 2.24) is 4.90 Å². The first-order chi connectivity index (χ1) is 14.7. The number of carbonyl (C=O) groups is 1. The van der Waals surface area contributed by atoms with Gasteiger partial charge in [-0.1, -0.05) is 29.8 Å². The number of benzene rings is 2. The third-order valence-electron chi connectivity index (χ3n) is 4.91. The molecular weight excluding hydrogens is 527 g/mol. The van der Waals surface area contributed by atoms with Crippen molar-refractivity contribution in [2.75, 3.05) is 25.1 Å². The lowest BCUT2D eigenvalue weighted by molar-refractivity contribution is 0.0265. The summed E-state index contributed by atoms with van der Waals surface area (Å²) in [4.78, 5) is 16.5. The first-order valence-corrected chi connectivity index (χ1v) is 11.6. The van der Waals surface area contributed by atoms with Crippen LogP contribution in [-0.4, -0.2) is 36.8 Å². The largest absolute Gasteiger partial charge is 0.497 e. The van der Waals surface area contributed by atoms with E-state index in [2.05, 4.69) is 51.8 Å². The van der Waals surface area contributed by atoms with Crippen LogP contribution in [0.15, 0.2) is 54.2 Å². The maximum absolute atomic E-state index is 12.4. The first kappa shape index (κ1) is 23.7. The lowest BCUT2D eigenvalue weighted by Crippen LogP contribution is -2.41. The molecule has 0 aliphatic carbocycles. The quantitative estimate of drug-likeness (QED) is 0.397. The van der Waals surface area contributed by atoms with Gasteiger partial charge in [0.05, 0.1) is 21.4 Å². The van der Waals surface area contributed by atoms with Crippen molar-refractivity contribution in [1.29, 1.82) is 0 Å². The molecule has 2 aromatic carbocycles. The van der Waals surface area contributed by atoms with Crippen molar-refractivity contribution in [2.45, 2.75) is 39.3 Å². The number of nitrogens with zero attached hydrogens (tertiary/aromatic N) is 2. The van der Waals surface area contributed by atoms with Crippen LogP contribution in [0.2, 0.25) is 5.02 Å². The minimum Gasteiger partial charge on any atom is -0.497 e. The van der Waals surface area contributed by atoms with Gasteiger partial charge in [0, 0.05) is 31.8 Å². The summed E-state index contributed by atoms with van der Waals surface area (Å²) in [5.74, 6) is 0.831. The first-order valence-electron chi connectivity index (χ1n) is 10.2. The SMILES string of the molecule is COc1ccc(CN(C2=CCN(C(=O)OC(C)(C)C)CC2)c2cccc(Cl)c2I)cc1. The van der Waals surface area contributed by atoms with E-state index in [-0.39, 0.29) is 6.09 Å². The summed E-state index contributed by atoms with van der Waals surface area (Å²) in [6.45, 7) is 7.46. The number of anilines is 1. The van der Waals surface area contributed by atoms with Gasteiger partial charge in [-0.3, -0.25) is 0 Å². The van der Waals surface area contributed by atoms with Gasteiger partial charge < -0.3 is 19.3 Å². The topological polar surface area (TPSA) is 42.0 Å². The Bertz CT molecular complexity index is 954. The zero-order chi connectivity index (χ0) is 22.6. The van der Waals surface area contributed by atoms with Gasteiger partial charge in [-0.15, -0.1) is 0 Å². The van der Waals surface area contributed by atoms with Gasteiger partial charge in [0.15, 0.2) is 0 Å². The van der Waals surface area contributed by atoms with Gasteiger partial charge in [0.2, 0.25) is 0 Å². The molecule has 31 heavy (non-hydrogen) atoms.